The number of esters is 1. The third-order valence-electron chi connectivity index (χ3n) is 11.3. The number of β-lactam (4-membered cyclic amide) rings is 1. The fraction of sp³-hybridized carbons (Fsp3) is 0.514. The molecular weight excluding hydrogens is 623 g/mol. The van der Waals surface area contributed by atoms with E-state index in [0.29, 0.717) is 22.4 Å². The number of thioether (sulfide) groups is 1. The van der Waals surface area contributed by atoms with E-state index in [1.165, 1.54) is 27.0 Å². The molecule has 2 aromatic carbocycles. The molecule has 0 radical (unpaired) electrons. The summed E-state index contributed by atoms with van der Waals surface area (Å²) in [4.78, 5) is 40.3. The van der Waals surface area contributed by atoms with Crippen molar-refractivity contribution in [3.05, 3.63) is 59.2 Å². The van der Waals surface area contributed by atoms with Gasteiger partial charge in [-0.05, 0) is 91.2 Å². The van der Waals surface area contributed by atoms with E-state index in [2.05, 4.69) is 6.58 Å². The molecule has 46 heavy (non-hydrogen) atoms. The highest BCUT2D eigenvalue weighted by Gasteiger charge is 2.57. The van der Waals surface area contributed by atoms with Crippen LogP contribution in [0.2, 0.25) is 0 Å². The molecular formula is C35H41N3O6S2. The van der Waals surface area contributed by atoms with Gasteiger partial charge in [0.2, 0.25) is 11.8 Å². The van der Waals surface area contributed by atoms with Crippen molar-refractivity contribution in [2.24, 2.45) is 28.4 Å². The Balaban J connectivity index is 1.17. The fourth-order valence-corrected chi connectivity index (χ4v) is 12.1. The molecule has 2 atom stereocenters. The lowest BCUT2D eigenvalue weighted by Crippen LogP contribution is -2.59. The number of carbonyl (C=O) groups is 3. The van der Waals surface area contributed by atoms with Gasteiger partial charge in [0.05, 0.1) is 28.4 Å². The van der Waals surface area contributed by atoms with E-state index in [-0.39, 0.29) is 63.6 Å². The van der Waals surface area contributed by atoms with Gasteiger partial charge in [0.25, 0.3) is 10.0 Å². The molecule has 8 rings (SSSR count). The minimum absolute atomic E-state index is 0.00828. The van der Waals surface area contributed by atoms with Gasteiger partial charge in [-0.25, -0.2) is 13.2 Å². The van der Waals surface area contributed by atoms with Crippen molar-refractivity contribution < 1.29 is 27.5 Å². The summed E-state index contributed by atoms with van der Waals surface area (Å²) in [6.45, 7) is 7.50. The van der Waals surface area contributed by atoms with E-state index in [1.54, 1.807) is 6.07 Å². The number of ether oxygens (including phenoxy) is 1. The number of aryl methyl sites for hydroxylation is 1. The summed E-state index contributed by atoms with van der Waals surface area (Å²) in [5, 5.41) is 1.39. The molecule has 3 saturated carbocycles. The monoisotopic (exact) mass is 663 g/mol. The van der Waals surface area contributed by atoms with Crippen molar-refractivity contribution in [3.63, 3.8) is 0 Å². The Hall–Kier alpha value is -3.31. The van der Waals surface area contributed by atoms with Gasteiger partial charge in [-0.2, -0.15) is 0 Å². The Bertz CT molecular complexity index is 1790. The van der Waals surface area contributed by atoms with Crippen molar-refractivity contribution in [1.82, 2.24) is 4.90 Å². The first-order valence-corrected chi connectivity index (χ1v) is 18.6. The number of hydrogen-bond acceptors (Lipinski definition) is 7. The van der Waals surface area contributed by atoms with Crippen LogP contribution in [0.25, 0.3) is 10.8 Å². The second-order valence-corrected chi connectivity index (χ2v) is 17.3. The summed E-state index contributed by atoms with van der Waals surface area (Å²) in [5.74, 6) is -1.16. The van der Waals surface area contributed by atoms with E-state index in [9.17, 15) is 22.8 Å². The van der Waals surface area contributed by atoms with Crippen LogP contribution < -0.4 is 10.0 Å². The second kappa shape index (κ2) is 11.1. The average molecular weight is 664 g/mol. The van der Waals surface area contributed by atoms with E-state index in [4.69, 9.17) is 10.5 Å². The van der Waals surface area contributed by atoms with Crippen LogP contribution in [0, 0.1) is 22.7 Å². The molecule has 3 aliphatic heterocycles. The zero-order valence-electron chi connectivity index (χ0n) is 26.4. The number of nitrogens with zero attached hydrogens (tertiary/aromatic N) is 2. The highest BCUT2D eigenvalue weighted by Crippen LogP contribution is 2.60. The van der Waals surface area contributed by atoms with Crippen LogP contribution in [-0.2, 0) is 35.6 Å². The second-order valence-electron chi connectivity index (χ2n) is 14.2. The molecule has 2 bridgehead atoms. The molecule has 0 aromatic heterocycles. The van der Waals surface area contributed by atoms with Gasteiger partial charge in [0.15, 0.2) is 0 Å². The molecule has 4 fully saturated rings. The number of sulfonamides is 1. The number of primary amides is 1. The number of carbonyl (C=O) groups excluding carboxylic acids is 3. The Morgan fingerprint density at radius 2 is 1.80 bits per heavy atom. The Labute approximate surface area is 274 Å². The van der Waals surface area contributed by atoms with E-state index >= 15 is 0 Å². The standard InChI is InChI=1S/C35H41N3O6S2/c1-4-18-44-33(41)30-25(45-32-28(21(2)3)31(40)38(30)32)20-37-24-7-5-6-23-22(8-9-26(29(23)24)46(37,42)43)10-11-34-12-15-35(16-13-34,17-14-34)19-27(36)39/h4-9,21,28,32H,1,10-20H2,2-3H3,(H2,36,39). The maximum absolute atomic E-state index is 14.1. The van der Waals surface area contributed by atoms with Crippen LogP contribution in [-0.4, -0.2) is 49.6 Å². The van der Waals surface area contributed by atoms with Gasteiger partial charge in [-0.1, -0.05) is 56.5 Å². The highest BCUT2D eigenvalue weighted by molar-refractivity contribution is 8.04. The summed E-state index contributed by atoms with van der Waals surface area (Å²) in [5.41, 5.74) is 7.76. The maximum atomic E-state index is 14.1. The lowest BCUT2D eigenvalue weighted by Gasteiger charge is -2.53. The summed E-state index contributed by atoms with van der Waals surface area (Å²) in [6, 6.07) is 9.42. The van der Waals surface area contributed by atoms with Gasteiger partial charge < -0.3 is 10.5 Å². The zero-order chi connectivity index (χ0) is 32.6. The first-order valence-electron chi connectivity index (χ1n) is 16.3. The quantitative estimate of drug-likeness (QED) is 0.188. The number of anilines is 1. The molecule has 244 valence electrons. The van der Waals surface area contributed by atoms with Crippen LogP contribution in [0.5, 0.6) is 0 Å². The predicted octanol–water partition coefficient (Wildman–Crippen LogP) is 5.63. The van der Waals surface area contributed by atoms with Crippen molar-refractivity contribution in [1.29, 1.82) is 0 Å². The predicted molar refractivity (Wildman–Crippen MR) is 178 cm³/mol. The summed E-state index contributed by atoms with van der Waals surface area (Å²) < 4.78 is 34.9. The first kappa shape index (κ1) is 31.3. The number of rotatable bonds is 11. The topological polar surface area (TPSA) is 127 Å². The number of fused-ring (bicyclic) bond motifs is 4. The normalized spacial score (nSPS) is 29.0. The number of benzene rings is 2. The zero-order valence-corrected chi connectivity index (χ0v) is 28.1. The minimum atomic E-state index is -3.91. The molecule has 0 spiro atoms. The molecule has 2 unspecified atom stereocenters. The third kappa shape index (κ3) is 4.79. The Morgan fingerprint density at radius 1 is 1.11 bits per heavy atom. The van der Waals surface area contributed by atoms with Gasteiger partial charge in [-0.15, -0.1) is 0 Å². The fourth-order valence-electron chi connectivity index (χ4n) is 8.68. The van der Waals surface area contributed by atoms with E-state index < -0.39 is 16.0 Å². The molecule has 2 aromatic rings. The van der Waals surface area contributed by atoms with Crippen LogP contribution in [0.4, 0.5) is 5.69 Å². The number of hydrogen-bond donors (Lipinski definition) is 1. The molecule has 11 heteroatoms. The molecule has 6 aliphatic rings. The van der Waals surface area contributed by atoms with Gasteiger partial charge >= 0.3 is 5.97 Å². The lowest BCUT2D eigenvalue weighted by atomic mass is 9.51. The number of amides is 2. The molecule has 3 heterocycles. The summed E-state index contributed by atoms with van der Waals surface area (Å²) in [7, 11) is -3.91. The van der Waals surface area contributed by atoms with Gasteiger partial charge in [0, 0.05) is 16.7 Å². The Kier molecular flexibility index (Phi) is 7.58. The third-order valence-corrected chi connectivity index (χ3v) is 14.5. The highest BCUT2D eigenvalue weighted by atomic mass is 32.2. The number of nitrogens with two attached hydrogens (primary N) is 1. The summed E-state index contributed by atoms with van der Waals surface area (Å²) in [6.07, 6.45) is 10.3. The first-order chi connectivity index (χ1) is 21.9. The smallest absolute Gasteiger partial charge is 0.356 e. The van der Waals surface area contributed by atoms with Crippen molar-refractivity contribution in [2.75, 3.05) is 17.5 Å². The molecule has 3 aliphatic carbocycles. The molecule has 1 saturated heterocycles. The van der Waals surface area contributed by atoms with Gasteiger partial charge in [-0.3, -0.25) is 18.8 Å². The minimum Gasteiger partial charge on any atom is -0.457 e. The molecule has 2 N–H and O–H groups in total. The van der Waals surface area contributed by atoms with Crippen molar-refractivity contribution in [2.45, 2.75) is 81.9 Å². The molecule has 2 amide bonds. The van der Waals surface area contributed by atoms with E-state index in [1.807, 2.05) is 38.1 Å². The van der Waals surface area contributed by atoms with Crippen LogP contribution in [0.3, 0.4) is 0 Å². The molecule has 9 nitrogen and oxygen atoms in total. The maximum Gasteiger partial charge on any atom is 0.356 e. The summed E-state index contributed by atoms with van der Waals surface area (Å²) >= 11 is 1.39. The lowest BCUT2D eigenvalue weighted by molar-refractivity contribution is -0.155. The van der Waals surface area contributed by atoms with Gasteiger partial charge in [0.1, 0.15) is 12.3 Å². The average Bonchev–Trinajstić information content (AvgIpc) is 3.45. The largest absolute Gasteiger partial charge is 0.457 e. The van der Waals surface area contributed by atoms with Crippen molar-refractivity contribution >= 4 is 56.0 Å². The van der Waals surface area contributed by atoms with Crippen LogP contribution in [0.15, 0.2) is 58.5 Å². The van der Waals surface area contributed by atoms with E-state index in [0.717, 1.165) is 62.3 Å². The SMILES string of the molecule is C=CCOC(=O)C1=C(CN2c3cccc4c(CCC56CCC(CC(N)=O)(CC5)CC6)ccc(c34)S2(=O)=O)SC2C(C(C)C)C(=O)N12. The van der Waals surface area contributed by atoms with Crippen molar-refractivity contribution in [3.8, 4) is 0 Å². The van der Waals surface area contributed by atoms with Crippen LogP contribution >= 0.6 is 11.8 Å². The Morgan fingerprint density at radius 3 is 2.46 bits per heavy atom. The van der Waals surface area contributed by atoms with Crippen LogP contribution in [0.1, 0.15) is 70.8 Å².